The third-order valence-electron chi connectivity index (χ3n) is 4.09. The van der Waals surface area contributed by atoms with Gasteiger partial charge in [-0.15, -0.1) is 0 Å². The van der Waals surface area contributed by atoms with Gasteiger partial charge in [-0.1, -0.05) is 24.6 Å². The average Bonchev–Trinajstić information content (AvgIpc) is 2.76. The second kappa shape index (κ2) is 4.14. The van der Waals surface area contributed by atoms with Gasteiger partial charge in [-0.05, 0) is 24.5 Å². The number of hydrogen-bond donors (Lipinski definition) is 2. The fourth-order valence-corrected chi connectivity index (χ4v) is 2.83. The van der Waals surface area contributed by atoms with Gasteiger partial charge < -0.3 is 10.7 Å². The average molecular weight is 243 g/mol. The molecule has 1 aromatic heterocycles. The molecule has 1 fully saturated rings. The third kappa shape index (κ3) is 1.53. The van der Waals surface area contributed by atoms with Gasteiger partial charge in [0.05, 0.1) is 5.69 Å². The maximum Gasteiger partial charge on any atom is 0.330 e. The van der Waals surface area contributed by atoms with Crippen LogP contribution < -0.4 is 11.4 Å². The fraction of sp³-hybridized carbons (Fsp3) is 0.357. The van der Waals surface area contributed by atoms with E-state index in [0.29, 0.717) is 6.54 Å². The summed E-state index contributed by atoms with van der Waals surface area (Å²) < 4.78 is 1.66. The van der Waals surface area contributed by atoms with Crippen LogP contribution in [-0.4, -0.2) is 16.1 Å². The molecule has 0 bridgehead atoms. The summed E-state index contributed by atoms with van der Waals surface area (Å²) >= 11 is 0. The Kier molecular flexibility index (Phi) is 2.59. The van der Waals surface area contributed by atoms with Crippen molar-refractivity contribution in [3.05, 3.63) is 52.7 Å². The molecule has 3 rings (SSSR count). The monoisotopic (exact) mass is 243 g/mol. The smallest absolute Gasteiger partial charge is 0.330 e. The molecule has 3 N–H and O–H groups in total. The van der Waals surface area contributed by atoms with Crippen LogP contribution in [0.5, 0.6) is 0 Å². The lowest BCUT2D eigenvalue weighted by Crippen LogP contribution is -2.42. The molecule has 1 aromatic carbocycles. The number of nitrogens with one attached hydrogen (secondary N) is 1. The Balaban J connectivity index is 2.17. The fourth-order valence-electron chi connectivity index (χ4n) is 2.83. The Hall–Kier alpha value is -1.81. The van der Waals surface area contributed by atoms with Gasteiger partial charge in [0.15, 0.2) is 0 Å². The van der Waals surface area contributed by atoms with Crippen LogP contribution in [-0.2, 0) is 5.41 Å². The maximum atomic E-state index is 11.8. The van der Waals surface area contributed by atoms with E-state index in [1.165, 1.54) is 12.0 Å². The predicted molar refractivity (Wildman–Crippen MR) is 71.0 cm³/mol. The minimum absolute atomic E-state index is 0.0628. The Bertz CT molecular complexity index is 602. The summed E-state index contributed by atoms with van der Waals surface area (Å²) in [5.74, 6) is 0. The molecule has 0 atom stereocenters. The molecule has 0 saturated heterocycles. The number of aromatic amines is 1. The topological polar surface area (TPSA) is 63.8 Å². The van der Waals surface area contributed by atoms with E-state index in [2.05, 4.69) is 11.1 Å². The maximum absolute atomic E-state index is 11.8. The van der Waals surface area contributed by atoms with Crippen molar-refractivity contribution in [1.82, 2.24) is 9.55 Å². The summed E-state index contributed by atoms with van der Waals surface area (Å²) in [6.07, 6.45) is 6.87. The van der Waals surface area contributed by atoms with Crippen LogP contribution in [0.15, 0.2) is 41.5 Å². The first-order chi connectivity index (χ1) is 8.77. The van der Waals surface area contributed by atoms with Crippen molar-refractivity contribution in [2.24, 2.45) is 5.73 Å². The van der Waals surface area contributed by atoms with Crippen LogP contribution in [0, 0.1) is 0 Å². The lowest BCUT2D eigenvalue weighted by molar-refractivity contribution is 0.252. The number of benzene rings is 1. The molecule has 4 nitrogen and oxygen atoms in total. The molecule has 0 amide bonds. The molecule has 4 heteroatoms. The van der Waals surface area contributed by atoms with Gasteiger partial charge in [-0.25, -0.2) is 4.79 Å². The van der Waals surface area contributed by atoms with E-state index >= 15 is 0 Å². The minimum Gasteiger partial charge on any atom is -0.330 e. The Morgan fingerprint density at radius 2 is 2.11 bits per heavy atom. The summed E-state index contributed by atoms with van der Waals surface area (Å²) in [5.41, 5.74) is 8.07. The highest BCUT2D eigenvalue weighted by molar-refractivity contribution is 5.47. The number of aromatic nitrogens is 2. The van der Waals surface area contributed by atoms with E-state index in [4.69, 9.17) is 5.73 Å². The number of para-hydroxylation sites is 1. The Morgan fingerprint density at radius 1 is 1.33 bits per heavy atom. The van der Waals surface area contributed by atoms with Crippen molar-refractivity contribution in [3.63, 3.8) is 0 Å². The van der Waals surface area contributed by atoms with Crippen LogP contribution in [0.4, 0.5) is 0 Å². The zero-order valence-electron chi connectivity index (χ0n) is 10.2. The molecular formula is C14H17N3O. The highest BCUT2D eigenvalue weighted by Gasteiger charge is 2.39. The van der Waals surface area contributed by atoms with E-state index in [9.17, 15) is 4.79 Å². The first kappa shape index (κ1) is 11.3. The number of nitrogens with two attached hydrogens (primary N) is 1. The largest absolute Gasteiger partial charge is 0.330 e. The third-order valence-corrected chi connectivity index (χ3v) is 4.09. The molecule has 1 aliphatic carbocycles. The van der Waals surface area contributed by atoms with Crippen LogP contribution in [0.1, 0.15) is 24.8 Å². The SMILES string of the molecule is NCC1(c2ccccc2-n2cc[nH]c2=O)CCC1. The predicted octanol–water partition coefficient (Wildman–Crippen LogP) is 1.55. The second-order valence-corrected chi connectivity index (χ2v) is 4.99. The summed E-state index contributed by atoms with van der Waals surface area (Å²) in [6, 6.07) is 8.06. The van der Waals surface area contributed by atoms with Gasteiger partial charge in [0, 0.05) is 24.4 Å². The summed E-state index contributed by atoms with van der Waals surface area (Å²) in [7, 11) is 0. The van der Waals surface area contributed by atoms with Crippen molar-refractivity contribution < 1.29 is 0 Å². The first-order valence-electron chi connectivity index (χ1n) is 6.33. The molecule has 2 aromatic rings. The van der Waals surface area contributed by atoms with Crippen LogP contribution in [0.3, 0.4) is 0 Å². The van der Waals surface area contributed by atoms with Gasteiger partial charge in [0.25, 0.3) is 0 Å². The van der Waals surface area contributed by atoms with Gasteiger partial charge in [-0.3, -0.25) is 4.57 Å². The van der Waals surface area contributed by atoms with E-state index in [-0.39, 0.29) is 11.1 Å². The molecule has 0 unspecified atom stereocenters. The quantitative estimate of drug-likeness (QED) is 0.859. The molecular weight excluding hydrogens is 226 g/mol. The van der Waals surface area contributed by atoms with Crippen molar-refractivity contribution in [1.29, 1.82) is 0 Å². The van der Waals surface area contributed by atoms with Crippen LogP contribution in [0.25, 0.3) is 5.69 Å². The van der Waals surface area contributed by atoms with Crippen LogP contribution >= 0.6 is 0 Å². The minimum atomic E-state index is -0.103. The molecule has 1 aliphatic rings. The molecule has 0 radical (unpaired) electrons. The number of hydrogen-bond acceptors (Lipinski definition) is 2. The lowest BCUT2D eigenvalue weighted by Gasteiger charge is -2.42. The van der Waals surface area contributed by atoms with Crippen molar-refractivity contribution in [2.45, 2.75) is 24.7 Å². The molecule has 1 saturated carbocycles. The van der Waals surface area contributed by atoms with E-state index in [0.717, 1.165) is 18.5 Å². The molecule has 94 valence electrons. The Morgan fingerprint density at radius 3 is 2.67 bits per heavy atom. The second-order valence-electron chi connectivity index (χ2n) is 4.99. The number of nitrogens with zero attached hydrogens (tertiary/aromatic N) is 1. The zero-order valence-corrected chi connectivity index (χ0v) is 10.2. The summed E-state index contributed by atoms with van der Waals surface area (Å²) in [6.45, 7) is 0.642. The highest BCUT2D eigenvalue weighted by Crippen LogP contribution is 2.44. The lowest BCUT2D eigenvalue weighted by atomic mass is 9.64. The van der Waals surface area contributed by atoms with Gasteiger partial charge in [0.1, 0.15) is 0 Å². The zero-order chi connectivity index (χ0) is 12.6. The van der Waals surface area contributed by atoms with Gasteiger partial charge >= 0.3 is 5.69 Å². The van der Waals surface area contributed by atoms with Gasteiger partial charge in [-0.2, -0.15) is 0 Å². The highest BCUT2D eigenvalue weighted by atomic mass is 16.1. The molecule has 0 spiro atoms. The van der Waals surface area contributed by atoms with Crippen LogP contribution in [0.2, 0.25) is 0 Å². The van der Waals surface area contributed by atoms with E-state index in [1.54, 1.807) is 17.0 Å². The van der Waals surface area contributed by atoms with E-state index in [1.807, 2.05) is 18.2 Å². The molecule has 0 aliphatic heterocycles. The Labute approximate surface area is 105 Å². The molecule has 18 heavy (non-hydrogen) atoms. The van der Waals surface area contributed by atoms with E-state index < -0.39 is 0 Å². The standard InChI is InChI=1S/C14H17N3O/c15-10-14(6-3-7-14)11-4-1-2-5-12(11)17-9-8-16-13(17)18/h1-2,4-5,8-9H,3,6-7,10,15H2,(H,16,18). The number of H-pyrrole nitrogens is 1. The molecule has 1 heterocycles. The first-order valence-corrected chi connectivity index (χ1v) is 6.33. The van der Waals surface area contributed by atoms with Crippen molar-refractivity contribution in [3.8, 4) is 5.69 Å². The number of rotatable bonds is 3. The summed E-state index contributed by atoms with van der Waals surface area (Å²) in [4.78, 5) is 14.4. The van der Waals surface area contributed by atoms with Crippen molar-refractivity contribution >= 4 is 0 Å². The number of imidazole rings is 1. The summed E-state index contributed by atoms with van der Waals surface area (Å²) in [5, 5.41) is 0. The van der Waals surface area contributed by atoms with Gasteiger partial charge in [0.2, 0.25) is 0 Å². The normalized spacial score (nSPS) is 17.4. The van der Waals surface area contributed by atoms with Crippen molar-refractivity contribution in [2.75, 3.05) is 6.54 Å².